The highest BCUT2D eigenvalue weighted by Gasteiger charge is 1.98. The van der Waals surface area contributed by atoms with Crippen LogP contribution < -0.4 is 4.90 Å². The van der Waals surface area contributed by atoms with Crippen LogP contribution in [0.15, 0.2) is 22.7 Å². The highest BCUT2D eigenvalue weighted by atomic mass is 79.9. The monoisotopic (exact) mass is 225 g/mol. The van der Waals surface area contributed by atoms with Gasteiger partial charge in [0.25, 0.3) is 0 Å². The zero-order valence-corrected chi connectivity index (χ0v) is 6.86. The summed E-state index contributed by atoms with van der Waals surface area (Å²) in [6, 6.07) is -1.18. The number of anilines is 1. The van der Waals surface area contributed by atoms with E-state index in [9.17, 15) is 0 Å². The van der Waals surface area contributed by atoms with E-state index in [0.717, 1.165) is 0 Å². The summed E-state index contributed by atoms with van der Waals surface area (Å²) in [5.41, 5.74) is 0. The highest BCUT2D eigenvalue weighted by Crippen LogP contribution is 2.14. The summed E-state index contributed by atoms with van der Waals surface area (Å²) in [5, 5.41) is 0. The molecule has 1 heterocycles. The van der Waals surface area contributed by atoms with Crippen molar-refractivity contribution in [3.63, 3.8) is 0 Å². The summed E-state index contributed by atoms with van der Waals surface area (Å²) in [7, 11) is 0. The summed E-state index contributed by atoms with van der Waals surface area (Å²) in [6.45, 7) is -9.98. The van der Waals surface area contributed by atoms with Crippen molar-refractivity contribution in [2.24, 2.45) is 0 Å². The van der Waals surface area contributed by atoms with Crippen LogP contribution in [-0.4, -0.2) is 18.5 Å². The topological polar surface area (TPSA) is 16.1 Å². The van der Waals surface area contributed by atoms with Gasteiger partial charge in [0, 0.05) is 35.1 Å². The SMILES string of the molecule is [2H]c1nc(N(C([2H])([2H])[2H])C([2H])([2H])C([2H])([2H])[2H])c([2H])c(Br)c1[2H]. The standard InChI is InChI=1S/C8H11BrN2/c1-3-11(2)8-6-7(9)4-5-10-8/h4-6H,3H2,1-2H3/i1D3,2D3,3D2,4D,5D,6D. The van der Waals surface area contributed by atoms with Gasteiger partial charge in [-0.3, -0.25) is 0 Å². The maximum Gasteiger partial charge on any atom is 0.129 e. The normalized spacial score (nSPS) is 27.9. The van der Waals surface area contributed by atoms with Gasteiger partial charge < -0.3 is 4.90 Å². The molecular formula is C8H11BrN2. The molecule has 0 fully saturated rings. The second kappa shape index (κ2) is 3.72. The van der Waals surface area contributed by atoms with Crippen molar-refractivity contribution in [2.45, 2.75) is 6.85 Å². The molecule has 0 aromatic carbocycles. The van der Waals surface area contributed by atoms with E-state index < -0.39 is 44.4 Å². The number of hydrogen-bond donors (Lipinski definition) is 0. The Labute approximate surface area is 90.8 Å². The molecule has 0 saturated carbocycles. The van der Waals surface area contributed by atoms with E-state index in [4.69, 9.17) is 15.1 Å². The highest BCUT2D eigenvalue weighted by molar-refractivity contribution is 9.10. The molecule has 1 rings (SSSR count). The van der Waals surface area contributed by atoms with Crippen molar-refractivity contribution in [1.82, 2.24) is 4.98 Å². The van der Waals surface area contributed by atoms with Crippen LogP contribution in [0.5, 0.6) is 0 Å². The number of halogens is 1. The van der Waals surface area contributed by atoms with Gasteiger partial charge in [-0.15, -0.1) is 0 Å². The maximum atomic E-state index is 7.77. The summed E-state index contributed by atoms with van der Waals surface area (Å²) in [5.74, 6) is -0.853. The lowest BCUT2D eigenvalue weighted by Gasteiger charge is -2.14. The van der Waals surface area contributed by atoms with E-state index in [1.807, 2.05) is 0 Å². The van der Waals surface area contributed by atoms with Gasteiger partial charge in [-0.25, -0.2) is 4.98 Å². The van der Waals surface area contributed by atoms with Crippen molar-refractivity contribution in [2.75, 3.05) is 18.4 Å². The molecule has 0 aliphatic carbocycles. The molecule has 0 bridgehead atoms. The first-order valence-corrected chi connectivity index (χ1v) is 3.35. The zero-order valence-electron chi connectivity index (χ0n) is 16.3. The van der Waals surface area contributed by atoms with Crippen LogP contribution in [0.1, 0.15) is 21.9 Å². The molecule has 1 aromatic rings. The van der Waals surface area contributed by atoms with Gasteiger partial charge in [0.1, 0.15) is 5.82 Å². The minimum atomic E-state index is -3.36. The van der Waals surface area contributed by atoms with Gasteiger partial charge in [0.15, 0.2) is 0 Å². The van der Waals surface area contributed by atoms with Gasteiger partial charge in [-0.05, 0) is 18.9 Å². The Hall–Kier alpha value is -0.570. The Kier molecular flexibility index (Phi) is 0.682. The van der Waals surface area contributed by atoms with Gasteiger partial charge in [0.05, 0.1) is 4.11 Å². The van der Waals surface area contributed by atoms with Crippen LogP contribution in [0.4, 0.5) is 5.82 Å². The molecule has 3 heteroatoms. The van der Waals surface area contributed by atoms with E-state index in [2.05, 4.69) is 20.9 Å². The molecule has 60 valence electrons. The molecule has 0 aliphatic rings. The fourth-order valence-corrected chi connectivity index (χ4v) is 0.712. The van der Waals surface area contributed by atoms with Crippen molar-refractivity contribution >= 4 is 21.7 Å². The Balaban J connectivity index is 3.71. The number of pyridine rings is 1. The lowest BCUT2D eigenvalue weighted by molar-refractivity contribution is 0.937. The Morgan fingerprint density at radius 2 is 2.91 bits per heavy atom. The predicted octanol–water partition coefficient (Wildman–Crippen LogP) is 2.30. The first-order valence-electron chi connectivity index (χ1n) is 8.06. The molecule has 0 atom stereocenters. The summed E-state index contributed by atoms with van der Waals surface area (Å²) < 4.78 is 81.4. The lowest BCUT2D eigenvalue weighted by atomic mass is 10.4. The van der Waals surface area contributed by atoms with Crippen LogP contribution in [0.3, 0.4) is 0 Å². The molecule has 0 unspecified atom stereocenters. The molecule has 0 saturated heterocycles. The first kappa shape index (κ1) is 2.02. The second-order valence-electron chi connectivity index (χ2n) is 1.56. The fourth-order valence-electron chi connectivity index (χ4n) is 0.446. The maximum absolute atomic E-state index is 7.77. The quantitative estimate of drug-likeness (QED) is 0.769. The molecule has 0 radical (unpaired) electrons. The first-order chi connectivity index (χ1) is 9.62. The van der Waals surface area contributed by atoms with Crippen LogP contribution in [0, 0.1) is 0 Å². The van der Waals surface area contributed by atoms with E-state index in [1.165, 1.54) is 0 Å². The molecule has 2 nitrogen and oxygen atoms in total. The molecule has 11 heavy (non-hydrogen) atoms. The summed E-state index contributed by atoms with van der Waals surface area (Å²) >= 11 is 2.82. The smallest absolute Gasteiger partial charge is 0.129 e. The zero-order chi connectivity index (χ0) is 17.7. The van der Waals surface area contributed by atoms with Crippen LogP contribution in [0.2, 0.25) is 0 Å². The lowest BCUT2D eigenvalue weighted by Crippen LogP contribution is -2.16. The number of rotatable bonds is 2. The number of nitrogens with zero attached hydrogens (tertiary/aromatic N) is 2. The Morgan fingerprint density at radius 3 is 3.64 bits per heavy atom. The third-order valence-corrected chi connectivity index (χ3v) is 1.27. The van der Waals surface area contributed by atoms with Gasteiger partial charge in [-0.2, -0.15) is 0 Å². The van der Waals surface area contributed by atoms with Crippen molar-refractivity contribution in [3.05, 3.63) is 22.7 Å². The Morgan fingerprint density at radius 1 is 2.00 bits per heavy atom. The molecule has 0 amide bonds. The minimum absolute atomic E-state index is 0.127. The molecule has 1 aromatic heterocycles. The Bertz CT molecular complexity index is 579. The van der Waals surface area contributed by atoms with E-state index >= 15 is 0 Å². The van der Waals surface area contributed by atoms with E-state index in [0.29, 0.717) is 0 Å². The van der Waals surface area contributed by atoms with Crippen LogP contribution in [0.25, 0.3) is 0 Å². The average molecular weight is 226 g/mol. The fraction of sp³-hybridized carbons (Fsp3) is 0.375. The summed E-state index contributed by atoms with van der Waals surface area (Å²) in [6.07, 6.45) is -0.714. The van der Waals surface area contributed by atoms with Gasteiger partial charge >= 0.3 is 0 Å². The van der Waals surface area contributed by atoms with Crippen LogP contribution in [-0.2, 0) is 0 Å². The molecule has 0 aliphatic heterocycles. The molecule has 0 spiro atoms. The number of hydrogen-bond acceptors (Lipinski definition) is 2. The average Bonchev–Trinajstić information content (AvgIpc) is 2.29. The van der Waals surface area contributed by atoms with E-state index in [-0.39, 0.29) is 9.37 Å². The largest absolute Gasteiger partial charge is 0.360 e. The summed E-state index contributed by atoms with van der Waals surface area (Å²) in [4.78, 5) is 3.29. The number of aromatic nitrogens is 1. The third-order valence-electron chi connectivity index (χ3n) is 0.873. The van der Waals surface area contributed by atoms with Gasteiger partial charge in [-0.1, -0.05) is 15.9 Å². The third kappa shape index (κ3) is 2.19. The van der Waals surface area contributed by atoms with Gasteiger partial charge in [0.2, 0.25) is 0 Å². The minimum Gasteiger partial charge on any atom is -0.360 e. The predicted molar refractivity (Wildman–Crippen MR) is 50.9 cm³/mol. The second-order valence-corrected chi connectivity index (χ2v) is 2.35. The van der Waals surface area contributed by atoms with Crippen molar-refractivity contribution in [3.8, 4) is 0 Å². The van der Waals surface area contributed by atoms with E-state index in [1.54, 1.807) is 0 Å². The van der Waals surface area contributed by atoms with Crippen molar-refractivity contribution < 1.29 is 15.1 Å². The van der Waals surface area contributed by atoms with Crippen LogP contribution >= 0.6 is 15.9 Å². The molecule has 0 N–H and O–H groups in total. The van der Waals surface area contributed by atoms with Crippen molar-refractivity contribution in [1.29, 1.82) is 0 Å². The molecular weight excluding hydrogens is 204 g/mol.